The highest BCUT2D eigenvalue weighted by atomic mass is 35.5. The molecule has 0 aliphatic carbocycles. The van der Waals surface area contributed by atoms with Crippen LogP contribution in [0, 0.1) is 6.92 Å². The first-order valence-corrected chi connectivity index (χ1v) is 10.4. The van der Waals surface area contributed by atoms with Gasteiger partial charge in [0.15, 0.2) is 0 Å². The van der Waals surface area contributed by atoms with Crippen molar-refractivity contribution in [2.45, 2.75) is 24.0 Å². The fourth-order valence-electron chi connectivity index (χ4n) is 2.59. The Morgan fingerprint density at radius 2 is 1.59 bits per heavy atom. The van der Waals surface area contributed by atoms with Crippen molar-refractivity contribution >= 4 is 46.6 Å². The second-order valence-corrected chi connectivity index (χ2v) is 8.45. The van der Waals surface area contributed by atoms with Gasteiger partial charge in [0, 0.05) is 26.9 Å². The van der Waals surface area contributed by atoms with E-state index in [1.807, 2.05) is 50.2 Å². The summed E-state index contributed by atoms with van der Waals surface area (Å²) in [5.74, 6) is -0.271. The normalized spacial score (nSPS) is 11.6. The summed E-state index contributed by atoms with van der Waals surface area (Å²) in [6, 6.07) is 21.9. The van der Waals surface area contributed by atoms with Crippen LogP contribution in [-0.4, -0.2) is 17.1 Å². The second kappa shape index (κ2) is 9.63. The number of anilines is 2. The van der Waals surface area contributed by atoms with Gasteiger partial charge in [-0.25, -0.2) is 0 Å². The van der Waals surface area contributed by atoms with Crippen LogP contribution in [0.25, 0.3) is 0 Å². The third-order valence-corrected chi connectivity index (χ3v) is 5.55. The molecular weight excluding hydrogens is 404 g/mol. The van der Waals surface area contributed by atoms with Gasteiger partial charge in [0.2, 0.25) is 5.91 Å². The molecule has 0 fully saturated rings. The molecular formula is C23H21ClN2O2S. The predicted molar refractivity (Wildman–Crippen MR) is 121 cm³/mol. The third kappa shape index (κ3) is 6.11. The number of nitrogens with one attached hydrogen (secondary N) is 2. The Bertz CT molecular complexity index is 1000. The summed E-state index contributed by atoms with van der Waals surface area (Å²) in [6.45, 7) is 3.82. The molecule has 1 unspecified atom stereocenters. The molecule has 0 bridgehead atoms. The topological polar surface area (TPSA) is 58.2 Å². The molecule has 0 aromatic heterocycles. The summed E-state index contributed by atoms with van der Waals surface area (Å²) in [5, 5.41) is 6.08. The molecule has 148 valence electrons. The Morgan fingerprint density at radius 3 is 2.28 bits per heavy atom. The highest BCUT2D eigenvalue weighted by molar-refractivity contribution is 8.00. The average molecular weight is 425 g/mol. The van der Waals surface area contributed by atoms with E-state index in [1.54, 1.807) is 36.4 Å². The van der Waals surface area contributed by atoms with Gasteiger partial charge in [0.05, 0.1) is 5.25 Å². The maximum absolute atomic E-state index is 12.4. The van der Waals surface area contributed by atoms with Gasteiger partial charge in [-0.1, -0.05) is 35.4 Å². The largest absolute Gasteiger partial charge is 0.325 e. The molecule has 3 aromatic carbocycles. The lowest BCUT2D eigenvalue weighted by Crippen LogP contribution is -2.22. The second-order valence-electron chi connectivity index (χ2n) is 6.60. The molecule has 2 N–H and O–H groups in total. The fraction of sp³-hybridized carbons (Fsp3) is 0.130. The molecule has 0 aliphatic heterocycles. The van der Waals surface area contributed by atoms with Gasteiger partial charge in [0.1, 0.15) is 0 Å². The van der Waals surface area contributed by atoms with E-state index in [4.69, 9.17) is 11.6 Å². The number of amides is 2. The summed E-state index contributed by atoms with van der Waals surface area (Å²) in [6.07, 6.45) is 0. The van der Waals surface area contributed by atoms with E-state index in [0.717, 1.165) is 10.5 Å². The number of halogens is 1. The molecule has 0 saturated carbocycles. The van der Waals surface area contributed by atoms with E-state index < -0.39 is 0 Å². The molecule has 29 heavy (non-hydrogen) atoms. The molecule has 0 saturated heterocycles. The maximum Gasteiger partial charge on any atom is 0.255 e. The minimum atomic E-state index is -0.311. The van der Waals surface area contributed by atoms with Gasteiger partial charge in [-0.05, 0) is 68.4 Å². The molecule has 6 heteroatoms. The molecule has 4 nitrogen and oxygen atoms in total. The zero-order chi connectivity index (χ0) is 20.8. The Balaban J connectivity index is 1.61. The summed E-state index contributed by atoms with van der Waals surface area (Å²) in [4.78, 5) is 25.7. The quantitative estimate of drug-likeness (QED) is 0.475. The van der Waals surface area contributed by atoms with E-state index in [0.29, 0.717) is 22.0 Å². The van der Waals surface area contributed by atoms with Crippen LogP contribution in [0.4, 0.5) is 11.4 Å². The Labute approximate surface area is 179 Å². The molecule has 0 radical (unpaired) electrons. The highest BCUT2D eigenvalue weighted by Gasteiger charge is 2.15. The van der Waals surface area contributed by atoms with Gasteiger partial charge >= 0.3 is 0 Å². The SMILES string of the molecule is Cc1ccc(C(=O)Nc2cccc(SC(C)C(=O)Nc3ccc(Cl)cc3)c2)cc1. The van der Waals surface area contributed by atoms with Crippen molar-refractivity contribution < 1.29 is 9.59 Å². The van der Waals surface area contributed by atoms with Crippen molar-refractivity contribution in [3.05, 3.63) is 88.9 Å². The maximum atomic E-state index is 12.4. The number of rotatable bonds is 6. The van der Waals surface area contributed by atoms with Gasteiger partial charge in [0.25, 0.3) is 5.91 Å². The number of carbonyl (C=O) groups excluding carboxylic acids is 2. The average Bonchev–Trinajstić information content (AvgIpc) is 2.70. The van der Waals surface area contributed by atoms with E-state index in [1.165, 1.54) is 11.8 Å². The summed E-state index contributed by atoms with van der Waals surface area (Å²) in [5.41, 5.74) is 3.09. The zero-order valence-electron chi connectivity index (χ0n) is 16.1. The lowest BCUT2D eigenvalue weighted by Gasteiger charge is -2.13. The number of benzene rings is 3. The molecule has 0 aliphatic rings. The highest BCUT2D eigenvalue weighted by Crippen LogP contribution is 2.27. The monoisotopic (exact) mass is 424 g/mol. The first-order chi connectivity index (χ1) is 13.9. The Morgan fingerprint density at radius 1 is 0.897 bits per heavy atom. The van der Waals surface area contributed by atoms with Crippen LogP contribution in [0.15, 0.2) is 77.7 Å². The molecule has 0 heterocycles. The number of thioether (sulfide) groups is 1. The smallest absolute Gasteiger partial charge is 0.255 e. The van der Waals surface area contributed by atoms with Gasteiger partial charge in [-0.15, -0.1) is 11.8 Å². The summed E-state index contributed by atoms with van der Waals surface area (Å²) < 4.78 is 0. The predicted octanol–water partition coefficient (Wildman–Crippen LogP) is 6.02. The van der Waals surface area contributed by atoms with Gasteiger partial charge in [-0.3, -0.25) is 9.59 Å². The van der Waals surface area contributed by atoms with Crippen molar-refractivity contribution in [1.29, 1.82) is 0 Å². The molecule has 0 spiro atoms. The van der Waals surface area contributed by atoms with Crippen LogP contribution in [0.2, 0.25) is 5.02 Å². The van der Waals surface area contributed by atoms with Crippen LogP contribution in [-0.2, 0) is 4.79 Å². The number of aryl methyl sites for hydroxylation is 1. The number of hydrogen-bond acceptors (Lipinski definition) is 3. The van der Waals surface area contributed by atoms with Crippen LogP contribution >= 0.6 is 23.4 Å². The molecule has 3 rings (SSSR count). The Kier molecular flexibility index (Phi) is 6.96. The van der Waals surface area contributed by atoms with Crippen molar-refractivity contribution in [2.24, 2.45) is 0 Å². The summed E-state index contributed by atoms with van der Waals surface area (Å²) >= 11 is 7.29. The minimum Gasteiger partial charge on any atom is -0.325 e. The Hall–Kier alpha value is -2.76. The van der Waals surface area contributed by atoms with Crippen LogP contribution < -0.4 is 10.6 Å². The van der Waals surface area contributed by atoms with E-state index in [2.05, 4.69) is 10.6 Å². The van der Waals surface area contributed by atoms with E-state index in [-0.39, 0.29) is 17.1 Å². The lowest BCUT2D eigenvalue weighted by atomic mass is 10.1. The molecule has 2 amide bonds. The molecule has 3 aromatic rings. The first-order valence-electron chi connectivity index (χ1n) is 9.12. The fourth-order valence-corrected chi connectivity index (χ4v) is 3.64. The standard InChI is InChI=1S/C23H21ClN2O2S/c1-15-6-8-17(9-7-15)23(28)26-20-4-3-5-21(14-20)29-16(2)22(27)25-19-12-10-18(24)11-13-19/h3-14,16H,1-2H3,(H,25,27)(H,26,28). The van der Waals surface area contributed by atoms with Crippen LogP contribution in [0.3, 0.4) is 0 Å². The van der Waals surface area contributed by atoms with Crippen LogP contribution in [0.1, 0.15) is 22.8 Å². The van der Waals surface area contributed by atoms with Gasteiger partial charge < -0.3 is 10.6 Å². The zero-order valence-corrected chi connectivity index (χ0v) is 17.7. The number of hydrogen-bond donors (Lipinski definition) is 2. The van der Waals surface area contributed by atoms with E-state index >= 15 is 0 Å². The minimum absolute atomic E-state index is 0.105. The lowest BCUT2D eigenvalue weighted by molar-refractivity contribution is -0.115. The molecule has 1 atom stereocenters. The first kappa shape index (κ1) is 21.0. The summed E-state index contributed by atoms with van der Waals surface area (Å²) in [7, 11) is 0. The van der Waals surface area contributed by atoms with Crippen molar-refractivity contribution in [2.75, 3.05) is 10.6 Å². The van der Waals surface area contributed by atoms with E-state index in [9.17, 15) is 9.59 Å². The van der Waals surface area contributed by atoms with Crippen molar-refractivity contribution in [1.82, 2.24) is 0 Å². The van der Waals surface area contributed by atoms with Crippen LogP contribution in [0.5, 0.6) is 0 Å². The van der Waals surface area contributed by atoms with Crippen molar-refractivity contribution in [3.63, 3.8) is 0 Å². The van der Waals surface area contributed by atoms with Crippen molar-refractivity contribution in [3.8, 4) is 0 Å². The van der Waals surface area contributed by atoms with Gasteiger partial charge in [-0.2, -0.15) is 0 Å². The number of carbonyl (C=O) groups is 2. The third-order valence-electron chi connectivity index (χ3n) is 4.20.